The molecule has 178 valence electrons. The Bertz CT molecular complexity index is 1050. The summed E-state index contributed by atoms with van der Waals surface area (Å²) in [6, 6.07) is 24.9. The zero-order chi connectivity index (χ0) is 24.2. The Morgan fingerprint density at radius 3 is 2.32 bits per heavy atom. The molecule has 0 fully saturated rings. The van der Waals surface area contributed by atoms with Gasteiger partial charge in [-0.05, 0) is 79.4 Å². The molecular weight excluding hydrogens is 444 g/mol. The molecule has 34 heavy (non-hydrogen) atoms. The van der Waals surface area contributed by atoms with Gasteiger partial charge in [-0.15, -0.1) is 0 Å². The smallest absolute Gasteiger partial charge is 0.257 e. The predicted octanol–water partition coefficient (Wildman–Crippen LogP) is 6.25. The van der Waals surface area contributed by atoms with Crippen LogP contribution in [0.1, 0.15) is 42.6 Å². The van der Waals surface area contributed by atoms with Crippen molar-refractivity contribution in [3.05, 3.63) is 90.0 Å². The van der Waals surface area contributed by atoms with E-state index in [4.69, 9.17) is 21.7 Å². The summed E-state index contributed by atoms with van der Waals surface area (Å²) in [5.41, 5.74) is 2.50. The van der Waals surface area contributed by atoms with Crippen molar-refractivity contribution in [3.8, 4) is 11.5 Å². The molecule has 0 unspecified atom stereocenters. The van der Waals surface area contributed by atoms with E-state index in [-0.39, 0.29) is 11.0 Å². The summed E-state index contributed by atoms with van der Waals surface area (Å²) in [6.07, 6.45) is 2.84. The maximum absolute atomic E-state index is 12.6. The highest BCUT2D eigenvalue weighted by Crippen LogP contribution is 2.24. The second kappa shape index (κ2) is 13.4. The fourth-order valence-corrected chi connectivity index (χ4v) is 3.45. The van der Waals surface area contributed by atoms with Crippen molar-refractivity contribution in [1.82, 2.24) is 5.32 Å². The van der Waals surface area contributed by atoms with Crippen LogP contribution in [0, 0.1) is 5.92 Å². The zero-order valence-corrected chi connectivity index (χ0v) is 20.6. The van der Waals surface area contributed by atoms with Crippen molar-refractivity contribution in [1.29, 1.82) is 0 Å². The minimum atomic E-state index is -0.285. The van der Waals surface area contributed by atoms with E-state index >= 15 is 0 Å². The number of para-hydroxylation sites is 2. The summed E-state index contributed by atoms with van der Waals surface area (Å²) in [5, 5.41) is 6.00. The number of ether oxygens (including phenoxy) is 2. The summed E-state index contributed by atoms with van der Waals surface area (Å²) in [7, 11) is 0. The van der Waals surface area contributed by atoms with Gasteiger partial charge in [-0.1, -0.05) is 56.3 Å². The van der Waals surface area contributed by atoms with Gasteiger partial charge in [0.25, 0.3) is 5.91 Å². The minimum Gasteiger partial charge on any atom is -0.494 e. The molecule has 0 saturated carbocycles. The number of benzene rings is 3. The highest BCUT2D eigenvalue weighted by molar-refractivity contribution is 7.80. The molecule has 1 amide bonds. The Morgan fingerprint density at radius 1 is 0.882 bits per heavy atom. The second-order valence-electron chi connectivity index (χ2n) is 8.40. The largest absolute Gasteiger partial charge is 0.494 e. The Morgan fingerprint density at radius 2 is 1.59 bits per heavy atom. The van der Waals surface area contributed by atoms with Gasteiger partial charge in [0.2, 0.25) is 0 Å². The Labute approximate surface area is 207 Å². The summed E-state index contributed by atoms with van der Waals surface area (Å²) in [6.45, 7) is 5.55. The quantitative estimate of drug-likeness (QED) is 0.253. The SMILES string of the molecule is CC(C)CCOc1ccc(C(=O)NC(=S)Nc2ccccc2OCCCc2ccccc2)cc1. The van der Waals surface area contributed by atoms with Crippen LogP contribution in [0.25, 0.3) is 0 Å². The monoisotopic (exact) mass is 476 g/mol. The van der Waals surface area contributed by atoms with Crippen molar-refractivity contribution < 1.29 is 14.3 Å². The Hall–Kier alpha value is -3.38. The molecule has 3 aromatic carbocycles. The van der Waals surface area contributed by atoms with Gasteiger partial charge in [0, 0.05) is 5.56 Å². The molecule has 6 heteroatoms. The molecule has 0 bridgehead atoms. The molecular formula is C28H32N2O3S. The molecule has 0 atom stereocenters. The van der Waals surface area contributed by atoms with Gasteiger partial charge >= 0.3 is 0 Å². The molecule has 0 spiro atoms. The van der Waals surface area contributed by atoms with Crippen LogP contribution in [-0.2, 0) is 6.42 Å². The third kappa shape index (κ3) is 8.52. The van der Waals surface area contributed by atoms with Crippen molar-refractivity contribution in [2.75, 3.05) is 18.5 Å². The lowest BCUT2D eigenvalue weighted by Gasteiger charge is -2.14. The lowest BCUT2D eigenvalue weighted by Crippen LogP contribution is -2.34. The highest BCUT2D eigenvalue weighted by atomic mass is 32.1. The van der Waals surface area contributed by atoms with Gasteiger partial charge in [0.1, 0.15) is 11.5 Å². The van der Waals surface area contributed by atoms with E-state index in [1.165, 1.54) is 5.56 Å². The number of carbonyl (C=O) groups excluding carboxylic acids is 1. The first-order chi connectivity index (χ1) is 16.5. The summed E-state index contributed by atoms with van der Waals surface area (Å²) < 4.78 is 11.7. The van der Waals surface area contributed by atoms with Crippen LogP contribution < -0.4 is 20.1 Å². The summed E-state index contributed by atoms with van der Waals surface area (Å²) >= 11 is 5.36. The molecule has 0 heterocycles. The van der Waals surface area contributed by atoms with Gasteiger partial charge in [-0.25, -0.2) is 0 Å². The molecule has 0 aliphatic rings. The number of aryl methyl sites for hydroxylation is 1. The standard InChI is InChI=1S/C28H32N2O3S/c1-21(2)18-20-32-24-16-14-23(15-17-24)27(31)30-28(34)29-25-12-6-7-13-26(25)33-19-8-11-22-9-4-3-5-10-22/h3-7,9-10,12-17,21H,8,11,18-20H2,1-2H3,(H2,29,30,31,34). The molecule has 3 aromatic rings. The number of nitrogens with one attached hydrogen (secondary N) is 2. The van der Waals surface area contributed by atoms with E-state index in [2.05, 4.69) is 36.6 Å². The summed E-state index contributed by atoms with van der Waals surface area (Å²) in [4.78, 5) is 12.6. The maximum atomic E-state index is 12.6. The third-order valence-corrected chi connectivity index (χ3v) is 5.36. The summed E-state index contributed by atoms with van der Waals surface area (Å²) in [5.74, 6) is 1.74. The average molecular weight is 477 g/mol. The van der Waals surface area contributed by atoms with Crippen LogP contribution in [0.4, 0.5) is 5.69 Å². The van der Waals surface area contributed by atoms with Crippen LogP contribution in [0.5, 0.6) is 11.5 Å². The molecule has 0 aliphatic heterocycles. The molecule has 0 saturated heterocycles. The molecule has 0 radical (unpaired) electrons. The van der Waals surface area contributed by atoms with Gasteiger partial charge in [-0.2, -0.15) is 0 Å². The average Bonchev–Trinajstić information content (AvgIpc) is 2.83. The topological polar surface area (TPSA) is 59.6 Å². The predicted molar refractivity (Wildman–Crippen MR) is 142 cm³/mol. The van der Waals surface area contributed by atoms with E-state index < -0.39 is 0 Å². The molecule has 0 aromatic heterocycles. The molecule has 2 N–H and O–H groups in total. The fourth-order valence-electron chi connectivity index (χ4n) is 3.24. The number of anilines is 1. The van der Waals surface area contributed by atoms with E-state index in [0.29, 0.717) is 36.1 Å². The molecule has 5 nitrogen and oxygen atoms in total. The number of hydrogen-bond acceptors (Lipinski definition) is 4. The van der Waals surface area contributed by atoms with Crippen molar-refractivity contribution in [2.45, 2.75) is 33.1 Å². The van der Waals surface area contributed by atoms with E-state index in [0.717, 1.165) is 25.0 Å². The third-order valence-electron chi connectivity index (χ3n) is 5.15. The van der Waals surface area contributed by atoms with Crippen LogP contribution in [0.2, 0.25) is 0 Å². The lowest BCUT2D eigenvalue weighted by atomic mass is 10.1. The first kappa shape index (κ1) is 25.2. The van der Waals surface area contributed by atoms with E-state index in [9.17, 15) is 4.79 Å². The van der Waals surface area contributed by atoms with Crippen molar-refractivity contribution >= 4 is 28.9 Å². The van der Waals surface area contributed by atoms with E-state index in [1.54, 1.807) is 24.3 Å². The number of rotatable bonds is 11. The maximum Gasteiger partial charge on any atom is 0.257 e. The van der Waals surface area contributed by atoms with Gasteiger partial charge in [0.15, 0.2) is 5.11 Å². The first-order valence-electron chi connectivity index (χ1n) is 11.6. The lowest BCUT2D eigenvalue weighted by molar-refractivity contribution is 0.0977. The Kier molecular flexibility index (Phi) is 9.92. The van der Waals surface area contributed by atoms with Crippen LogP contribution in [-0.4, -0.2) is 24.2 Å². The number of thiocarbonyl (C=S) groups is 1. The molecule has 0 aliphatic carbocycles. The van der Waals surface area contributed by atoms with Gasteiger partial charge in [-0.3, -0.25) is 10.1 Å². The van der Waals surface area contributed by atoms with Crippen LogP contribution in [0.15, 0.2) is 78.9 Å². The number of hydrogen-bond donors (Lipinski definition) is 2. The molecule has 3 rings (SSSR count). The fraction of sp³-hybridized carbons (Fsp3) is 0.286. The van der Waals surface area contributed by atoms with Crippen molar-refractivity contribution in [3.63, 3.8) is 0 Å². The highest BCUT2D eigenvalue weighted by Gasteiger charge is 2.10. The first-order valence-corrected chi connectivity index (χ1v) is 12.0. The van der Waals surface area contributed by atoms with Gasteiger partial charge in [0.05, 0.1) is 18.9 Å². The Balaban J connectivity index is 1.47. The number of amides is 1. The van der Waals surface area contributed by atoms with E-state index in [1.807, 2.05) is 42.5 Å². The normalized spacial score (nSPS) is 10.6. The second-order valence-corrected chi connectivity index (χ2v) is 8.81. The van der Waals surface area contributed by atoms with Crippen molar-refractivity contribution in [2.24, 2.45) is 5.92 Å². The number of carbonyl (C=O) groups is 1. The zero-order valence-electron chi connectivity index (χ0n) is 19.8. The van der Waals surface area contributed by atoms with Gasteiger partial charge < -0.3 is 14.8 Å². The minimum absolute atomic E-state index is 0.211. The van der Waals surface area contributed by atoms with Crippen LogP contribution >= 0.6 is 12.2 Å². The van der Waals surface area contributed by atoms with Crippen LogP contribution in [0.3, 0.4) is 0 Å².